The molecule has 0 amide bonds. The van der Waals surface area contributed by atoms with Crippen molar-refractivity contribution in [3.05, 3.63) is 11.6 Å². The number of allylic oxidation sites excluding steroid dienone is 1. The van der Waals surface area contributed by atoms with Gasteiger partial charge in [0, 0.05) is 6.42 Å². The molecule has 4 aliphatic carbocycles. The average molecular weight is 274 g/mol. The fraction of sp³-hybridized carbons (Fsp3) is 0.833. The van der Waals surface area contributed by atoms with E-state index in [4.69, 9.17) is 0 Å². The molecule has 0 bridgehead atoms. The smallest absolute Gasteiger partial charge is 0.155 e. The molecule has 0 aromatic rings. The summed E-state index contributed by atoms with van der Waals surface area (Å²) in [7, 11) is 0. The fourth-order valence-corrected chi connectivity index (χ4v) is 6.15. The van der Waals surface area contributed by atoms with Gasteiger partial charge in [0.05, 0.1) is 6.10 Å². The van der Waals surface area contributed by atoms with Gasteiger partial charge in [-0.05, 0) is 80.1 Å². The van der Waals surface area contributed by atoms with Crippen molar-refractivity contribution in [2.75, 3.05) is 0 Å². The van der Waals surface area contributed by atoms with Crippen LogP contribution in [0.2, 0.25) is 0 Å². The summed E-state index contributed by atoms with van der Waals surface area (Å²) in [6.45, 7) is 2.33. The maximum atomic E-state index is 11.6. The lowest BCUT2D eigenvalue weighted by Gasteiger charge is -2.53. The molecule has 110 valence electrons. The molecule has 0 aliphatic heterocycles. The van der Waals surface area contributed by atoms with Gasteiger partial charge in [0.25, 0.3) is 0 Å². The molecular formula is C18H26O2. The van der Waals surface area contributed by atoms with Gasteiger partial charge < -0.3 is 5.11 Å². The van der Waals surface area contributed by atoms with Crippen LogP contribution in [-0.4, -0.2) is 17.0 Å². The van der Waals surface area contributed by atoms with E-state index in [9.17, 15) is 9.90 Å². The zero-order valence-corrected chi connectivity index (χ0v) is 12.5. The third kappa shape index (κ3) is 1.70. The minimum atomic E-state index is -0.0710. The number of rotatable bonds is 0. The van der Waals surface area contributed by atoms with Crippen molar-refractivity contribution in [2.45, 2.75) is 64.4 Å². The molecule has 0 aromatic carbocycles. The van der Waals surface area contributed by atoms with E-state index in [1.54, 1.807) is 0 Å². The van der Waals surface area contributed by atoms with Crippen molar-refractivity contribution in [1.29, 1.82) is 0 Å². The first kappa shape index (κ1) is 13.1. The van der Waals surface area contributed by atoms with Gasteiger partial charge in [-0.25, -0.2) is 0 Å². The maximum absolute atomic E-state index is 11.6. The summed E-state index contributed by atoms with van der Waals surface area (Å²) < 4.78 is 0. The summed E-state index contributed by atoms with van der Waals surface area (Å²) in [5.74, 6) is 3.38. The highest BCUT2D eigenvalue weighted by molar-refractivity contribution is 5.91. The Hall–Kier alpha value is -0.630. The van der Waals surface area contributed by atoms with Gasteiger partial charge in [0.15, 0.2) is 5.78 Å². The average Bonchev–Trinajstić information content (AvgIpc) is 2.74. The van der Waals surface area contributed by atoms with Crippen LogP contribution in [0.4, 0.5) is 0 Å². The number of carbonyl (C=O) groups excluding carboxylic acids is 1. The van der Waals surface area contributed by atoms with Crippen LogP contribution in [0.5, 0.6) is 0 Å². The van der Waals surface area contributed by atoms with Crippen LogP contribution in [0, 0.1) is 29.1 Å². The molecule has 0 heterocycles. The largest absolute Gasteiger partial charge is 0.393 e. The van der Waals surface area contributed by atoms with E-state index in [-0.39, 0.29) is 11.5 Å². The van der Waals surface area contributed by atoms with E-state index in [1.807, 2.05) is 6.08 Å². The fourth-order valence-electron chi connectivity index (χ4n) is 6.15. The molecular weight excluding hydrogens is 248 g/mol. The van der Waals surface area contributed by atoms with Crippen molar-refractivity contribution >= 4 is 5.78 Å². The molecule has 2 heteroatoms. The SMILES string of the molecule is C[C@]12CC[C@H]3[C@@H](CCC4=CC(=O)CC[C@@H]43)[C@H]1CC[C@H]2O. The first-order valence-corrected chi connectivity index (χ1v) is 8.51. The standard InChI is InChI=1S/C18H26O2/c1-18-9-8-14-13-5-3-12(19)10-11(13)2-4-15(14)16(18)6-7-17(18)20/h10,13-17,20H,2-9H2,1H3/t13-,14+,15+,16+,17+,18-/m0/s1. The first-order chi connectivity index (χ1) is 9.59. The van der Waals surface area contributed by atoms with Crippen molar-refractivity contribution in [2.24, 2.45) is 29.1 Å². The van der Waals surface area contributed by atoms with Gasteiger partial charge in [-0.1, -0.05) is 12.5 Å². The summed E-state index contributed by atoms with van der Waals surface area (Å²) in [5.41, 5.74) is 1.65. The third-order valence-corrected chi connectivity index (χ3v) is 7.25. The van der Waals surface area contributed by atoms with Crippen LogP contribution in [0.15, 0.2) is 11.6 Å². The van der Waals surface area contributed by atoms with Crippen molar-refractivity contribution in [3.63, 3.8) is 0 Å². The Balaban J connectivity index is 1.63. The highest BCUT2D eigenvalue weighted by Crippen LogP contribution is 2.61. The van der Waals surface area contributed by atoms with E-state index in [2.05, 4.69) is 6.92 Å². The molecule has 6 atom stereocenters. The van der Waals surface area contributed by atoms with Gasteiger partial charge in [0.1, 0.15) is 0 Å². The maximum Gasteiger partial charge on any atom is 0.155 e. The summed E-state index contributed by atoms with van der Waals surface area (Å²) >= 11 is 0. The Morgan fingerprint density at radius 2 is 1.95 bits per heavy atom. The van der Waals surface area contributed by atoms with Gasteiger partial charge in [0.2, 0.25) is 0 Å². The van der Waals surface area contributed by atoms with Crippen LogP contribution in [0.3, 0.4) is 0 Å². The zero-order chi connectivity index (χ0) is 13.9. The van der Waals surface area contributed by atoms with Crippen molar-refractivity contribution < 1.29 is 9.90 Å². The Kier molecular flexibility index (Phi) is 2.89. The highest BCUT2D eigenvalue weighted by atomic mass is 16.3. The molecule has 0 unspecified atom stereocenters. The van der Waals surface area contributed by atoms with E-state index in [1.165, 1.54) is 31.3 Å². The van der Waals surface area contributed by atoms with Crippen molar-refractivity contribution in [3.8, 4) is 0 Å². The van der Waals surface area contributed by atoms with Crippen LogP contribution >= 0.6 is 0 Å². The molecule has 4 rings (SSSR count). The monoisotopic (exact) mass is 274 g/mol. The Morgan fingerprint density at radius 1 is 1.10 bits per heavy atom. The number of aliphatic hydroxyl groups excluding tert-OH is 1. The normalized spacial score (nSPS) is 51.0. The van der Waals surface area contributed by atoms with E-state index < -0.39 is 0 Å². The molecule has 0 saturated heterocycles. The minimum absolute atomic E-state index is 0.0710. The van der Waals surface area contributed by atoms with E-state index in [0.29, 0.717) is 11.7 Å². The van der Waals surface area contributed by atoms with E-state index >= 15 is 0 Å². The summed E-state index contributed by atoms with van der Waals surface area (Å²) in [6.07, 6.45) is 10.9. The molecule has 3 saturated carbocycles. The minimum Gasteiger partial charge on any atom is -0.393 e. The van der Waals surface area contributed by atoms with Gasteiger partial charge in [-0.2, -0.15) is 0 Å². The lowest BCUT2D eigenvalue weighted by atomic mass is 9.52. The summed E-state index contributed by atoms with van der Waals surface area (Å²) in [5, 5.41) is 10.4. The van der Waals surface area contributed by atoms with Gasteiger partial charge in [-0.15, -0.1) is 0 Å². The van der Waals surface area contributed by atoms with Crippen LogP contribution in [0.25, 0.3) is 0 Å². The molecule has 4 aliphatic rings. The first-order valence-electron chi connectivity index (χ1n) is 8.51. The molecule has 0 spiro atoms. The molecule has 2 nitrogen and oxygen atoms in total. The van der Waals surface area contributed by atoms with Crippen molar-refractivity contribution in [1.82, 2.24) is 0 Å². The molecule has 3 fully saturated rings. The third-order valence-electron chi connectivity index (χ3n) is 7.25. The number of hydrogen-bond acceptors (Lipinski definition) is 2. The number of fused-ring (bicyclic) bond motifs is 5. The Labute approximate surface area is 121 Å². The lowest BCUT2D eigenvalue weighted by molar-refractivity contribution is -0.116. The number of hydrogen-bond donors (Lipinski definition) is 1. The predicted molar refractivity (Wildman–Crippen MR) is 78.1 cm³/mol. The predicted octanol–water partition coefficient (Wildman–Crippen LogP) is 3.49. The lowest BCUT2D eigenvalue weighted by Crippen LogP contribution is -2.47. The number of carbonyl (C=O) groups is 1. The number of aliphatic hydroxyl groups is 1. The summed E-state index contributed by atoms with van der Waals surface area (Å²) in [6, 6.07) is 0. The highest BCUT2D eigenvalue weighted by Gasteiger charge is 2.55. The van der Waals surface area contributed by atoms with Crippen LogP contribution in [-0.2, 0) is 4.79 Å². The second-order valence-corrected chi connectivity index (χ2v) is 7.94. The second kappa shape index (κ2) is 4.43. The molecule has 1 N–H and O–H groups in total. The summed E-state index contributed by atoms with van der Waals surface area (Å²) in [4.78, 5) is 11.6. The molecule has 0 radical (unpaired) electrons. The Morgan fingerprint density at radius 3 is 2.80 bits per heavy atom. The Bertz CT molecular complexity index is 466. The van der Waals surface area contributed by atoms with E-state index in [0.717, 1.165) is 43.4 Å². The molecule has 20 heavy (non-hydrogen) atoms. The second-order valence-electron chi connectivity index (χ2n) is 7.94. The topological polar surface area (TPSA) is 37.3 Å². The van der Waals surface area contributed by atoms with Gasteiger partial charge >= 0.3 is 0 Å². The van der Waals surface area contributed by atoms with Crippen LogP contribution in [0.1, 0.15) is 58.3 Å². The van der Waals surface area contributed by atoms with Gasteiger partial charge in [-0.3, -0.25) is 4.79 Å². The van der Waals surface area contributed by atoms with Crippen LogP contribution < -0.4 is 0 Å². The number of ketones is 1. The quantitative estimate of drug-likeness (QED) is 0.734. The molecule has 0 aromatic heterocycles. The zero-order valence-electron chi connectivity index (χ0n) is 12.5.